The number of aromatic amines is 1. The molecule has 2 rings (SSSR count). The average Bonchev–Trinajstić information content (AvgIpc) is 2.15. The molecule has 0 bridgehead atoms. The third-order valence-electron chi connectivity index (χ3n) is 2.00. The Morgan fingerprint density at radius 1 is 1.20 bits per heavy atom. The molecule has 0 aliphatic rings. The van der Waals surface area contributed by atoms with E-state index in [9.17, 15) is 13.2 Å². The van der Waals surface area contributed by atoms with Crippen LogP contribution in [-0.4, -0.2) is 18.0 Å². The van der Waals surface area contributed by atoms with Crippen LogP contribution in [0.2, 0.25) is 0 Å². The maximum atomic E-state index is 11.3. The molecule has 5 nitrogen and oxygen atoms in total. The highest BCUT2D eigenvalue weighted by Gasteiger charge is 2.15. The number of fused-ring (bicyclic) bond motifs is 1. The fraction of sp³-hybridized carbons (Fsp3) is 0. The number of H-pyrrole nitrogens is 1. The molecule has 0 fully saturated rings. The third-order valence-corrected chi connectivity index (χ3v) is 2.86. The zero-order chi connectivity index (χ0) is 11.1. The van der Waals surface area contributed by atoms with E-state index in [1.807, 2.05) is 0 Å². The summed E-state index contributed by atoms with van der Waals surface area (Å²) in [6.45, 7) is 0. The average molecular weight is 225 g/mol. The molecule has 0 spiro atoms. The lowest BCUT2D eigenvalue weighted by Crippen LogP contribution is -2.16. The van der Waals surface area contributed by atoms with Crippen molar-refractivity contribution in [2.24, 2.45) is 0 Å². The number of pyridine rings is 1. The lowest BCUT2D eigenvalue weighted by Gasteiger charge is -1.99. The smallest absolute Gasteiger partial charge is 0.300 e. The number of aromatic nitrogens is 1. The molecule has 0 amide bonds. The molecule has 0 saturated carbocycles. The number of benzene rings is 1. The molecule has 0 atom stereocenters. The van der Waals surface area contributed by atoms with Crippen LogP contribution >= 0.6 is 0 Å². The normalized spacial score (nSPS) is 11.8. The van der Waals surface area contributed by atoms with Crippen LogP contribution in [0.15, 0.2) is 40.0 Å². The Bertz CT molecular complexity index is 672. The van der Waals surface area contributed by atoms with Gasteiger partial charge in [-0.05, 0) is 17.5 Å². The van der Waals surface area contributed by atoms with Crippen LogP contribution in [0.1, 0.15) is 0 Å². The number of nitrogens with one attached hydrogen (secondary N) is 1. The first-order valence-corrected chi connectivity index (χ1v) is 5.52. The van der Waals surface area contributed by atoms with Gasteiger partial charge in [0.2, 0.25) is 0 Å². The summed E-state index contributed by atoms with van der Waals surface area (Å²) in [6.07, 6.45) is 0. The van der Waals surface area contributed by atoms with Crippen molar-refractivity contribution in [2.75, 3.05) is 0 Å². The molecule has 1 aromatic heterocycles. The fourth-order valence-electron chi connectivity index (χ4n) is 1.32. The van der Waals surface area contributed by atoms with E-state index in [0.717, 1.165) is 6.07 Å². The summed E-state index contributed by atoms with van der Waals surface area (Å²) in [4.78, 5) is 13.0. The molecule has 0 radical (unpaired) electrons. The summed E-state index contributed by atoms with van der Waals surface area (Å²) in [5.41, 5.74) is -0.300. The van der Waals surface area contributed by atoms with Crippen LogP contribution < -0.4 is 5.56 Å². The van der Waals surface area contributed by atoms with Crippen molar-refractivity contribution >= 4 is 21.0 Å². The van der Waals surface area contributed by atoms with Crippen LogP contribution in [0.25, 0.3) is 10.9 Å². The molecule has 2 N–H and O–H groups in total. The Morgan fingerprint density at radius 3 is 2.53 bits per heavy atom. The fourth-order valence-corrected chi connectivity index (χ4v) is 1.88. The van der Waals surface area contributed by atoms with Gasteiger partial charge in [-0.15, -0.1) is 0 Å². The Morgan fingerprint density at radius 2 is 1.87 bits per heavy atom. The molecule has 0 aliphatic carbocycles. The molecule has 6 heteroatoms. The molecule has 0 unspecified atom stereocenters. The van der Waals surface area contributed by atoms with Crippen molar-refractivity contribution < 1.29 is 13.0 Å². The van der Waals surface area contributed by atoms with Crippen molar-refractivity contribution in [3.05, 3.63) is 40.7 Å². The SMILES string of the molecule is O=c1[nH]c2ccccc2cc1S(=O)(=O)O. The van der Waals surface area contributed by atoms with Crippen LogP contribution in [0.4, 0.5) is 0 Å². The van der Waals surface area contributed by atoms with E-state index in [-0.39, 0.29) is 0 Å². The first-order valence-electron chi connectivity index (χ1n) is 4.08. The molecular formula is C9H7NO4S. The van der Waals surface area contributed by atoms with E-state index >= 15 is 0 Å². The summed E-state index contributed by atoms with van der Waals surface area (Å²) in [5.74, 6) is 0. The van der Waals surface area contributed by atoms with Crippen molar-refractivity contribution in [1.29, 1.82) is 0 Å². The number of hydrogen-bond acceptors (Lipinski definition) is 3. The summed E-state index contributed by atoms with van der Waals surface area (Å²) in [7, 11) is -4.47. The highest BCUT2D eigenvalue weighted by molar-refractivity contribution is 7.85. The third kappa shape index (κ3) is 1.77. The van der Waals surface area contributed by atoms with Crippen LogP contribution in [0, 0.1) is 0 Å². The minimum atomic E-state index is -4.47. The lowest BCUT2D eigenvalue weighted by atomic mass is 10.2. The van der Waals surface area contributed by atoms with Gasteiger partial charge in [-0.2, -0.15) is 8.42 Å². The van der Waals surface area contributed by atoms with Gasteiger partial charge in [0, 0.05) is 5.52 Å². The Balaban J connectivity index is 2.91. The van der Waals surface area contributed by atoms with Crippen LogP contribution in [0.3, 0.4) is 0 Å². The van der Waals surface area contributed by atoms with E-state index in [1.54, 1.807) is 24.3 Å². The molecule has 0 aliphatic heterocycles. The van der Waals surface area contributed by atoms with Gasteiger partial charge in [-0.25, -0.2) is 0 Å². The first-order chi connectivity index (χ1) is 6.98. The molecule has 15 heavy (non-hydrogen) atoms. The Kier molecular flexibility index (Phi) is 2.09. The predicted molar refractivity (Wildman–Crippen MR) is 54.4 cm³/mol. The van der Waals surface area contributed by atoms with Crippen molar-refractivity contribution in [3.8, 4) is 0 Å². The highest BCUT2D eigenvalue weighted by Crippen LogP contribution is 2.12. The van der Waals surface area contributed by atoms with Crippen LogP contribution in [0.5, 0.6) is 0 Å². The van der Waals surface area contributed by atoms with Crippen LogP contribution in [-0.2, 0) is 10.1 Å². The summed E-state index contributed by atoms with van der Waals surface area (Å²) >= 11 is 0. The maximum Gasteiger partial charge on any atom is 0.300 e. The van der Waals surface area contributed by atoms with Crippen molar-refractivity contribution in [2.45, 2.75) is 4.90 Å². The molecule has 2 aromatic rings. The van der Waals surface area contributed by atoms with Gasteiger partial charge in [0.05, 0.1) is 0 Å². The molecular weight excluding hydrogens is 218 g/mol. The van der Waals surface area contributed by atoms with Gasteiger partial charge in [0.1, 0.15) is 0 Å². The largest absolute Gasteiger partial charge is 0.321 e. The second-order valence-corrected chi connectivity index (χ2v) is 4.41. The van der Waals surface area contributed by atoms with Crippen molar-refractivity contribution in [1.82, 2.24) is 4.98 Å². The Labute approximate surface area is 85.1 Å². The van der Waals surface area contributed by atoms with E-state index in [1.165, 1.54) is 0 Å². The molecule has 1 heterocycles. The Hall–Kier alpha value is -1.66. The van der Waals surface area contributed by atoms with Gasteiger partial charge < -0.3 is 4.98 Å². The van der Waals surface area contributed by atoms with E-state index in [0.29, 0.717) is 10.9 Å². The molecule has 78 valence electrons. The summed E-state index contributed by atoms with van der Waals surface area (Å²) in [5, 5.41) is 0.546. The van der Waals surface area contributed by atoms with Gasteiger partial charge in [0.25, 0.3) is 15.7 Å². The monoisotopic (exact) mass is 225 g/mol. The predicted octanol–water partition coefficient (Wildman–Crippen LogP) is 0.775. The zero-order valence-electron chi connectivity index (χ0n) is 7.47. The topological polar surface area (TPSA) is 87.2 Å². The van der Waals surface area contributed by atoms with E-state index in [2.05, 4.69) is 4.98 Å². The van der Waals surface area contributed by atoms with Gasteiger partial charge in [-0.1, -0.05) is 18.2 Å². The zero-order valence-corrected chi connectivity index (χ0v) is 8.28. The van der Waals surface area contributed by atoms with Gasteiger partial charge >= 0.3 is 0 Å². The number of para-hydroxylation sites is 1. The van der Waals surface area contributed by atoms with E-state index < -0.39 is 20.6 Å². The standard InChI is InChI=1S/C9H7NO4S/c11-9-8(15(12,13)14)5-6-3-1-2-4-7(6)10-9/h1-5H,(H,10,11)(H,12,13,14). The van der Waals surface area contributed by atoms with Crippen molar-refractivity contribution in [3.63, 3.8) is 0 Å². The van der Waals surface area contributed by atoms with Gasteiger partial charge in [-0.3, -0.25) is 9.35 Å². The molecule has 0 saturated heterocycles. The quantitative estimate of drug-likeness (QED) is 0.702. The minimum Gasteiger partial charge on any atom is -0.321 e. The second kappa shape index (κ2) is 3.18. The number of rotatable bonds is 1. The summed E-state index contributed by atoms with van der Waals surface area (Å²) < 4.78 is 30.4. The highest BCUT2D eigenvalue weighted by atomic mass is 32.2. The molecule has 1 aromatic carbocycles. The summed E-state index contributed by atoms with van der Waals surface area (Å²) in [6, 6.07) is 7.84. The van der Waals surface area contributed by atoms with E-state index in [4.69, 9.17) is 4.55 Å². The second-order valence-electron chi connectivity index (χ2n) is 3.03. The lowest BCUT2D eigenvalue weighted by molar-refractivity contribution is 0.482. The first kappa shape index (κ1) is 9.88. The van der Waals surface area contributed by atoms with Gasteiger partial charge in [0.15, 0.2) is 4.90 Å². The minimum absolute atomic E-state index is 0.523. The number of hydrogen-bond donors (Lipinski definition) is 2. The maximum absolute atomic E-state index is 11.3.